The number of ether oxygens (including phenoxy) is 1. The second-order valence-corrected chi connectivity index (χ2v) is 14.2. The number of fused-ring (bicyclic) bond motifs is 3. The van der Waals surface area contributed by atoms with Crippen LogP contribution >= 0.6 is 11.3 Å². The number of hydrogen-bond donors (Lipinski definition) is 1. The summed E-state index contributed by atoms with van der Waals surface area (Å²) in [7, 11) is 0. The van der Waals surface area contributed by atoms with Crippen LogP contribution in [0.1, 0.15) is 68.1 Å². The molecule has 234 valence electrons. The molecule has 1 spiro atoms. The Morgan fingerprint density at radius 3 is 2.48 bits per heavy atom. The first-order valence-electron chi connectivity index (χ1n) is 16.2. The van der Waals surface area contributed by atoms with Crippen molar-refractivity contribution in [2.75, 3.05) is 48.0 Å². The van der Waals surface area contributed by atoms with E-state index in [1.807, 2.05) is 41.3 Å². The second kappa shape index (κ2) is 11.8. The van der Waals surface area contributed by atoms with Crippen LogP contribution in [0, 0.1) is 11.3 Å². The average molecular weight is 633 g/mol. The van der Waals surface area contributed by atoms with Gasteiger partial charge < -0.3 is 19.9 Å². The van der Waals surface area contributed by atoms with Crippen molar-refractivity contribution in [2.24, 2.45) is 11.3 Å². The van der Waals surface area contributed by atoms with Crippen molar-refractivity contribution in [2.45, 2.75) is 38.5 Å². The normalized spacial score (nSPS) is 18.3. The number of aromatic nitrogens is 1. The standard InChI is InChI=1S/C37H36N4O4S/c42-31(20-24-7-8-24)32-21-26-13-17-41(30-6-2-1-4-28(30)33(26)46-32)36(44)25-9-11-27(12-10-25)39-35(43)29-5-3-16-38-34(29)40-18-14-37(15-19-40)22-45-23-37/h1-6,9-12,16,21,24H,7-8,13-15,17-20,22-23H2,(H,39,43). The molecule has 3 fully saturated rings. The third kappa shape index (κ3) is 5.52. The Hall–Kier alpha value is -4.34. The van der Waals surface area contributed by atoms with Gasteiger partial charge in [0.25, 0.3) is 11.8 Å². The molecule has 1 N–H and O–H groups in total. The van der Waals surface area contributed by atoms with Gasteiger partial charge in [0.2, 0.25) is 0 Å². The second-order valence-electron chi connectivity index (χ2n) is 13.1. The Balaban J connectivity index is 0.971. The highest BCUT2D eigenvalue weighted by molar-refractivity contribution is 7.17. The molecule has 4 aliphatic rings. The van der Waals surface area contributed by atoms with Crippen LogP contribution in [0.25, 0.3) is 10.4 Å². The largest absolute Gasteiger partial charge is 0.380 e. The minimum absolute atomic E-state index is 0.0974. The molecule has 2 aromatic carbocycles. The van der Waals surface area contributed by atoms with Crippen LogP contribution in [-0.4, -0.2) is 55.4 Å². The number of piperidine rings is 1. The highest BCUT2D eigenvalue weighted by atomic mass is 32.1. The van der Waals surface area contributed by atoms with Gasteiger partial charge in [-0.2, -0.15) is 0 Å². The van der Waals surface area contributed by atoms with Crippen LogP contribution in [0.3, 0.4) is 0 Å². The predicted molar refractivity (Wildman–Crippen MR) is 180 cm³/mol. The fraction of sp³-hybridized carbons (Fsp3) is 0.351. The number of Topliss-reactive ketones (excluding diaryl/α,β-unsaturated/α-hetero) is 1. The minimum atomic E-state index is -0.225. The van der Waals surface area contributed by atoms with Crippen LogP contribution in [-0.2, 0) is 11.2 Å². The number of amides is 2. The average Bonchev–Trinajstić information content (AvgIpc) is 3.82. The number of nitrogens with one attached hydrogen (secondary N) is 1. The molecular formula is C37H36N4O4S. The maximum atomic E-state index is 13.9. The lowest BCUT2D eigenvalue weighted by molar-refractivity contribution is -0.124. The van der Waals surface area contributed by atoms with Crippen LogP contribution in [0.4, 0.5) is 17.2 Å². The fourth-order valence-corrected chi connectivity index (χ4v) is 8.07. The van der Waals surface area contributed by atoms with Gasteiger partial charge in [-0.1, -0.05) is 18.2 Å². The Morgan fingerprint density at radius 1 is 0.957 bits per heavy atom. The molecule has 1 aliphatic carbocycles. The van der Waals surface area contributed by atoms with E-state index in [-0.39, 0.29) is 17.6 Å². The highest BCUT2D eigenvalue weighted by Crippen LogP contribution is 2.43. The Morgan fingerprint density at radius 2 is 1.74 bits per heavy atom. The summed E-state index contributed by atoms with van der Waals surface area (Å²) in [5.74, 6) is 1.17. The number of carbonyl (C=O) groups excluding carboxylic acids is 3. The molecule has 8 rings (SSSR count). The summed E-state index contributed by atoms with van der Waals surface area (Å²) in [6.45, 7) is 3.88. The van der Waals surface area contributed by atoms with E-state index < -0.39 is 0 Å². The number of thiophene rings is 1. The van der Waals surface area contributed by atoms with Crippen molar-refractivity contribution in [3.8, 4) is 10.4 Å². The first-order valence-corrected chi connectivity index (χ1v) is 17.0. The molecule has 0 bridgehead atoms. The van der Waals surface area contributed by atoms with Crippen molar-refractivity contribution in [1.29, 1.82) is 0 Å². The van der Waals surface area contributed by atoms with E-state index in [0.717, 1.165) is 78.6 Å². The van der Waals surface area contributed by atoms with E-state index in [4.69, 9.17) is 4.74 Å². The lowest BCUT2D eigenvalue weighted by Crippen LogP contribution is -2.51. The van der Waals surface area contributed by atoms with Gasteiger partial charge in [0.05, 0.1) is 29.3 Å². The summed E-state index contributed by atoms with van der Waals surface area (Å²) >= 11 is 1.56. The number of rotatable bonds is 7. The SMILES string of the molecule is O=C(CC1CC1)c1cc2c(s1)-c1ccccc1N(C(=O)c1ccc(NC(=O)c3cccnc3N3CCC4(CC3)COC4)cc1)CC2. The van der Waals surface area contributed by atoms with Gasteiger partial charge in [-0.25, -0.2) is 4.98 Å². The number of para-hydroxylation sites is 1. The number of benzene rings is 2. The molecule has 2 aromatic heterocycles. The van der Waals surface area contributed by atoms with Gasteiger partial charge in [-0.05, 0) is 92.1 Å². The summed E-state index contributed by atoms with van der Waals surface area (Å²) in [6, 6.07) is 20.7. The quantitative estimate of drug-likeness (QED) is 0.224. The van der Waals surface area contributed by atoms with Gasteiger partial charge in [-0.3, -0.25) is 14.4 Å². The topological polar surface area (TPSA) is 91.8 Å². The summed E-state index contributed by atoms with van der Waals surface area (Å²) in [6.07, 6.45) is 7.44. The van der Waals surface area contributed by atoms with Crippen LogP contribution in [0.5, 0.6) is 0 Å². The van der Waals surface area contributed by atoms with E-state index in [9.17, 15) is 14.4 Å². The monoisotopic (exact) mass is 632 g/mol. The maximum absolute atomic E-state index is 13.9. The zero-order valence-corrected chi connectivity index (χ0v) is 26.5. The maximum Gasteiger partial charge on any atom is 0.259 e. The Bertz CT molecular complexity index is 1820. The Kier molecular flexibility index (Phi) is 7.45. The van der Waals surface area contributed by atoms with Crippen molar-refractivity contribution >= 4 is 46.1 Å². The summed E-state index contributed by atoms with van der Waals surface area (Å²) in [5.41, 5.74) is 4.96. The molecule has 3 aliphatic heterocycles. The minimum Gasteiger partial charge on any atom is -0.380 e. The number of ketones is 1. The number of carbonyl (C=O) groups is 3. The number of pyridine rings is 1. The van der Waals surface area contributed by atoms with Crippen LogP contribution in [0.2, 0.25) is 0 Å². The zero-order valence-electron chi connectivity index (χ0n) is 25.7. The lowest BCUT2D eigenvalue weighted by atomic mass is 9.77. The van der Waals surface area contributed by atoms with Crippen molar-refractivity contribution in [1.82, 2.24) is 4.98 Å². The number of nitrogens with zero attached hydrogens (tertiary/aromatic N) is 3. The van der Waals surface area contributed by atoms with E-state index >= 15 is 0 Å². The summed E-state index contributed by atoms with van der Waals surface area (Å²) in [5, 5.41) is 3.01. The zero-order chi connectivity index (χ0) is 31.3. The molecule has 0 radical (unpaired) electrons. The van der Waals surface area contributed by atoms with E-state index in [0.29, 0.717) is 53.4 Å². The Labute approximate surface area is 272 Å². The molecule has 2 saturated heterocycles. The summed E-state index contributed by atoms with van der Waals surface area (Å²) in [4.78, 5) is 50.7. The third-order valence-corrected chi connectivity index (χ3v) is 11.2. The van der Waals surface area contributed by atoms with Gasteiger partial charge >= 0.3 is 0 Å². The van der Waals surface area contributed by atoms with Crippen LogP contribution in [0.15, 0.2) is 72.9 Å². The van der Waals surface area contributed by atoms with E-state index in [1.54, 1.807) is 47.9 Å². The fourth-order valence-electron chi connectivity index (χ4n) is 6.88. The molecule has 46 heavy (non-hydrogen) atoms. The van der Waals surface area contributed by atoms with Crippen molar-refractivity contribution in [3.05, 3.63) is 94.5 Å². The molecule has 9 heteroatoms. The predicted octanol–water partition coefficient (Wildman–Crippen LogP) is 6.86. The third-order valence-electron chi connectivity index (χ3n) is 9.91. The molecule has 0 unspecified atom stereocenters. The van der Waals surface area contributed by atoms with Gasteiger partial charge in [0, 0.05) is 59.4 Å². The first kappa shape index (κ1) is 29.1. The lowest BCUT2D eigenvalue weighted by Gasteiger charge is -2.47. The highest BCUT2D eigenvalue weighted by Gasteiger charge is 2.41. The van der Waals surface area contributed by atoms with Gasteiger partial charge in [-0.15, -0.1) is 11.3 Å². The van der Waals surface area contributed by atoms with E-state index in [1.165, 1.54) is 0 Å². The molecule has 1 saturated carbocycles. The molecule has 5 heterocycles. The van der Waals surface area contributed by atoms with Gasteiger partial charge in [0.15, 0.2) is 5.78 Å². The smallest absolute Gasteiger partial charge is 0.259 e. The molecule has 0 atom stereocenters. The summed E-state index contributed by atoms with van der Waals surface area (Å²) < 4.78 is 5.46. The van der Waals surface area contributed by atoms with E-state index in [2.05, 4.69) is 15.2 Å². The molecule has 2 amide bonds. The van der Waals surface area contributed by atoms with Crippen LogP contribution < -0.4 is 15.1 Å². The molecular weight excluding hydrogens is 596 g/mol. The molecule has 4 aromatic rings. The van der Waals surface area contributed by atoms with Crippen molar-refractivity contribution < 1.29 is 19.1 Å². The first-order chi connectivity index (χ1) is 22.5. The van der Waals surface area contributed by atoms with Crippen molar-refractivity contribution in [3.63, 3.8) is 0 Å². The van der Waals surface area contributed by atoms with Gasteiger partial charge in [0.1, 0.15) is 5.82 Å². The number of anilines is 3. The number of hydrogen-bond acceptors (Lipinski definition) is 7. The molecule has 8 nitrogen and oxygen atoms in total.